The van der Waals surface area contributed by atoms with E-state index in [9.17, 15) is 9.90 Å². The molecule has 0 aliphatic rings. The molecule has 0 saturated heterocycles. The van der Waals surface area contributed by atoms with Crippen molar-refractivity contribution in [1.29, 1.82) is 0 Å². The van der Waals surface area contributed by atoms with Gasteiger partial charge in [0.05, 0.1) is 0 Å². The van der Waals surface area contributed by atoms with E-state index in [4.69, 9.17) is 12.3 Å². The molecule has 0 aliphatic heterocycles. The summed E-state index contributed by atoms with van der Waals surface area (Å²) in [6, 6.07) is 17.6. The number of nitrogens with zero attached hydrogens (tertiary/aromatic N) is 2. The SMILES string of the molecule is CCC(C)(CC)C(=O)/C=C(\O)C(C)(CC)CC.[2H][C]([2H])([2H])[Ge]([c]1cc(-c2ncnc3c2sc2cc(CC(C)(C)C)ccc23)[c-]c2ccccc12)([C]([2H])([2H])[2H])[C]([2H])([2H])[2H].[Ir]. The molecular formula is C43H57GeIrN2O2S-. The van der Waals surface area contributed by atoms with E-state index >= 15 is 0 Å². The van der Waals surface area contributed by atoms with Crippen molar-refractivity contribution in [3.63, 3.8) is 0 Å². The molecule has 1 radical (unpaired) electrons. The smallest absolute Gasteiger partial charge is 0 e. The number of carbonyl (C=O) groups excluding carboxylic acids is 1. The molecule has 0 fully saturated rings. The first-order valence-corrected chi connectivity index (χ1v) is 22.2. The second kappa shape index (κ2) is 16.5. The monoisotopic (exact) mass is 941 g/mol. The number of rotatable bonds is 10. The Kier molecular flexibility index (Phi) is 9.96. The number of fused-ring (bicyclic) bond motifs is 4. The van der Waals surface area contributed by atoms with Gasteiger partial charge in [-0.25, -0.2) is 0 Å². The zero-order chi connectivity index (χ0) is 43.9. The Balaban J connectivity index is 0.000000439. The molecule has 2 aromatic heterocycles. The predicted molar refractivity (Wildman–Crippen MR) is 216 cm³/mol. The fourth-order valence-corrected chi connectivity index (χ4v) is 9.17. The van der Waals surface area contributed by atoms with Gasteiger partial charge in [0.25, 0.3) is 0 Å². The Bertz CT molecular complexity index is 2270. The van der Waals surface area contributed by atoms with Gasteiger partial charge in [-0.15, -0.1) is 0 Å². The number of carbonyl (C=O) groups is 1. The number of aliphatic hydroxyl groups excluding tert-OH is 1. The molecule has 5 aromatic rings. The Morgan fingerprint density at radius 2 is 1.54 bits per heavy atom. The summed E-state index contributed by atoms with van der Waals surface area (Å²) in [5.74, 6) is 0.286. The molecule has 0 bridgehead atoms. The van der Waals surface area contributed by atoms with Crippen molar-refractivity contribution in [3.8, 4) is 11.3 Å². The van der Waals surface area contributed by atoms with E-state index in [1.807, 2.05) is 47.6 Å². The molecule has 5 rings (SSSR count). The Hall–Kier alpha value is -2.38. The third-order valence-electron chi connectivity index (χ3n) is 10.1. The van der Waals surface area contributed by atoms with Gasteiger partial charge in [0, 0.05) is 37.0 Å². The second-order valence-corrected chi connectivity index (χ2v) is 20.2. The summed E-state index contributed by atoms with van der Waals surface area (Å²) in [4.78, 5) is 21.3. The summed E-state index contributed by atoms with van der Waals surface area (Å²) in [5, 5.41) is 11.8. The Morgan fingerprint density at radius 1 is 0.900 bits per heavy atom. The van der Waals surface area contributed by atoms with Gasteiger partial charge in [-0.2, -0.15) is 0 Å². The summed E-state index contributed by atoms with van der Waals surface area (Å²) < 4.78 is 77.1. The summed E-state index contributed by atoms with van der Waals surface area (Å²) >= 11 is -4.55. The van der Waals surface area contributed by atoms with Crippen molar-refractivity contribution < 1.29 is 42.3 Å². The average Bonchev–Trinajstić information content (AvgIpc) is 3.50. The van der Waals surface area contributed by atoms with Crippen molar-refractivity contribution in [2.45, 2.75) is 111 Å². The van der Waals surface area contributed by atoms with Crippen LogP contribution in [0.25, 0.3) is 42.3 Å². The molecule has 4 nitrogen and oxygen atoms in total. The number of benzene rings is 3. The van der Waals surface area contributed by atoms with Gasteiger partial charge in [-0.05, 0) is 25.7 Å². The number of allylic oxidation sites excluding steroid dienone is 2. The first-order valence-electron chi connectivity index (χ1n) is 21.7. The van der Waals surface area contributed by atoms with Crippen LogP contribution in [0.4, 0.5) is 0 Å². The van der Waals surface area contributed by atoms with Gasteiger partial charge in [0.2, 0.25) is 0 Å². The largest absolute Gasteiger partial charge is 0 e. The minimum atomic E-state index is -6.04. The maximum absolute atomic E-state index is 12.2. The van der Waals surface area contributed by atoms with E-state index in [0.29, 0.717) is 16.6 Å². The second-order valence-electron chi connectivity index (χ2n) is 14.9. The molecule has 0 amide bonds. The van der Waals surface area contributed by atoms with E-state index in [2.05, 4.69) is 48.9 Å². The summed E-state index contributed by atoms with van der Waals surface area (Å²) in [6.45, 7) is 18.6. The van der Waals surface area contributed by atoms with Gasteiger partial charge < -0.3 is 5.11 Å². The normalized spacial score (nSPS) is 16.3. The van der Waals surface area contributed by atoms with Crippen molar-refractivity contribution >= 4 is 65.9 Å². The van der Waals surface area contributed by atoms with Crippen LogP contribution in [0, 0.1) is 22.3 Å². The third kappa shape index (κ3) is 9.34. The maximum atomic E-state index is 12.2. The number of aromatic nitrogens is 2. The van der Waals surface area contributed by atoms with Crippen LogP contribution in [-0.2, 0) is 31.3 Å². The van der Waals surface area contributed by atoms with Crippen LogP contribution in [0.2, 0.25) is 17.1 Å². The van der Waals surface area contributed by atoms with Gasteiger partial charge in [-0.1, -0.05) is 41.5 Å². The maximum Gasteiger partial charge on any atom is 0 e. The number of aliphatic hydroxyl groups is 1. The van der Waals surface area contributed by atoms with Gasteiger partial charge in [0.15, 0.2) is 5.78 Å². The predicted octanol–water partition coefficient (Wildman–Crippen LogP) is 12.2. The molecule has 0 aliphatic carbocycles. The first-order chi connectivity index (χ1) is 26.6. The zero-order valence-corrected chi connectivity index (χ0v) is 36.1. The Morgan fingerprint density at radius 3 is 2.14 bits per heavy atom. The van der Waals surface area contributed by atoms with Crippen molar-refractivity contribution in [1.82, 2.24) is 9.97 Å². The molecule has 0 saturated carbocycles. The van der Waals surface area contributed by atoms with Crippen LogP contribution in [0.15, 0.2) is 66.7 Å². The quantitative estimate of drug-likeness (QED) is 0.0656. The molecule has 271 valence electrons. The van der Waals surface area contributed by atoms with E-state index < -0.39 is 30.3 Å². The molecule has 7 heteroatoms. The molecular weight excluding hydrogens is 873 g/mol. The van der Waals surface area contributed by atoms with Crippen LogP contribution in [0.1, 0.15) is 106 Å². The van der Waals surface area contributed by atoms with Gasteiger partial charge in [-0.3, -0.25) is 4.79 Å². The number of ketones is 1. The van der Waals surface area contributed by atoms with Crippen molar-refractivity contribution in [3.05, 3.63) is 78.3 Å². The number of hydrogen-bond acceptors (Lipinski definition) is 5. The zero-order valence-electron chi connectivity index (χ0n) is 39.8. The van der Waals surface area contributed by atoms with E-state index in [1.54, 1.807) is 24.3 Å². The number of hydrogen-bond donors (Lipinski definition) is 1. The number of thiophene rings is 1. The molecule has 2 heterocycles. The molecule has 3 aromatic carbocycles. The molecule has 50 heavy (non-hydrogen) atoms. The van der Waals surface area contributed by atoms with Crippen molar-refractivity contribution in [2.75, 3.05) is 0 Å². The van der Waals surface area contributed by atoms with Gasteiger partial charge in [0.1, 0.15) is 5.76 Å². The minimum absolute atomic E-state index is 0. The first kappa shape index (κ1) is 30.1. The van der Waals surface area contributed by atoms with Crippen LogP contribution >= 0.6 is 11.3 Å². The molecule has 0 atom stereocenters. The standard InChI is InChI=1S/C28H29GeN2S.C15H28O2.Ir/c1-28(2,3)16-18-11-12-22-24(13-18)32-27-25(30-17-31-26(22)27)20-14-19-9-7-8-10-21(19)23(15-20)29(4,5)6;1-7-14(5,8-2)12(16)11-13(17)15(6,9-3)10-4;/h7-13,15,17H,16H2,1-6H3;11,16H,7-10H2,1-6H3;/q-1;;/b;12-11-;/i4D3,5D3,6D3;;. The summed E-state index contributed by atoms with van der Waals surface area (Å²) in [7, 11) is 0. The Labute approximate surface area is 334 Å². The molecule has 0 unspecified atom stereocenters. The average molecular weight is 940 g/mol. The van der Waals surface area contributed by atoms with Crippen LogP contribution in [0.3, 0.4) is 0 Å². The third-order valence-corrected chi connectivity index (χ3v) is 13.8. The summed E-state index contributed by atoms with van der Waals surface area (Å²) in [6.07, 6.45) is 7.07. The topological polar surface area (TPSA) is 63.1 Å². The molecule has 0 spiro atoms. The van der Waals surface area contributed by atoms with E-state index in [1.165, 1.54) is 35.4 Å². The van der Waals surface area contributed by atoms with Crippen LogP contribution in [-0.4, -0.2) is 34.1 Å². The van der Waals surface area contributed by atoms with Crippen LogP contribution < -0.4 is 4.40 Å². The van der Waals surface area contributed by atoms with E-state index in [-0.39, 0.29) is 57.7 Å². The van der Waals surface area contributed by atoms with Crippen LogP contribution in [0.5, 0.6) is 0 Å². The summed E-state index contributed by atoms with van der Waals surface area (Å²) in [5.41, 5.74) is -7.41. The molecule has 1 N–H and O–H groups in total. The van der Waals surface area contributed by atoms with Gasteiger partial charge >= 0.3 is 210 Å². The minimum Gasteiger partial charge on any atom is 0 e. The fourth-order valence-electron chi connectivity index (χ4n) is 5.88. The van der Waals surface area contributed by atoms with Crippen molar-refractivity contribution in [2.24, 2.45) is 16.2 Å². The van der Waals surface area contributed by atoms with E-state index in [0.717, 1.165) is 52.4 Å². The fraction of sp³-hybridized carbons (Fsp3) is 0.465.